The lowest BCUT2D eigenvalue weighted by atomic mass is 9.86. The highest BCUT2D eigenvalue weighted by Gasteiger charge is 2.30. The topological polar surface area (TPSA) is 98.7 Å². The largest absolute Gasteiger partial charge is 0.480 e. The van der Waals surface area contributed by atoms with E-state index >= 15 is 0 Å². The highest BCUT2D eigenvalue weighted by Crippen LogP contribution is 2.27. The molecule has 0 saturated carbocycles. The zero-order chi connectivity index (χ0) is 17.5. The molecule has 7 heteroatoms. The lowest BCUT2D eigenvalue weighted by molar-refractivity contribution is -0.144. The van der Waals surface area contributed by atoms with Crippen molar-refractivity contribution in [3.05, 3.63) is 0 Å². The quantitative estimate of drug-likeness (QED) is 0.631. The summed E-state index contributed by atoms with van der Waals surface area (Å²) in [5.74, 6) is -0.716. The summed E-state index contributed by atoms with van der Waals surface area (Å²) in [6.45, 7) is 4.09. The van der Waals surface area contributed by atoms with Gasteiger partial charge in [-0.15, -0.1) is 0 Å². The Morgan fingerprint density at radius 2 is 2.00 bits per heavy atom. The van der Waals surface area contributed by atoms with Crippen LogP contribution in [0.2, 0.25) is 0 Å². The van der Waals surface area contributed by atoms with E-state index in [0.29, 0.717) is 12.5 Å². The lowest BCUT2D eigenvalue weighted by Gasteiger charge is -2.33. The number of nitrogens with one attached hydrogen (secondary N) is 2. The Balaban J connectivity index is 1.78. The fourth-order valence-electron chi connectivity index (χ4n) is 3.57. The maximum absolute atomic E-state index is 12.6. The number of amides is 2. The van der Waals surface area contributed by atoms with E-state index in [4.69, 9.17) is 5.11 Å². The van der Waals surface area contributed by atoms with Crippen molar-refractivity contribution in [1.82, 2.24) is 15.5 Å². The number of nitrogens with zero attached hydrogens (tertiary/aromatic N) is 1. The van der Waals surface area contributed by atoms with Gasteiger partial charge in [0.2, 0.25) is 11.8 Å². The molecule has 2 aliphatic rings. The average Bonchev–Trinajstić information content (AvgIpc) is 2.56. The van der Waals surface area contributed by atoms with Crippen molar-refractivity contribution in [2.24, 2.45) is 11.8 Å². The van der Waals surface area contributed by atoms with E-state index in [-0.39, 0.29) is 18.4 Å². The molecule has 0 aromatic heterocycles. The number of aliphatic carboxylic acids is 1. The summed E-state index contributed by atoms with van der Waals surface area (Å²) in [7, 11) is 0. The third-order valence-electron chi connectivity index (χ3n) is 5.11. The summed E-state index contributed by atoms with van der Waals surface area (Å²) in [6.07, 6.45) is 6.14. The number of likely N-dealkylation sites (tertiary alicyclic amines) is 1. The molecule has 136 valence electrons. The first kappa shape index (κ1) is 18.7. The number of hydrogen-bond donors (Lipinski definition) is 3. The third-order valence-corrected chi connectivity index (χ3v) is 5.11. The summed E-state index contributed by atoms with van der Waals surface area (Å²) in [4.78, 5) is 36.8. The van der Waals surface area contributed by atoms with E-state index in [1.807, 2.05) is 0 Å². The number of hydrogen-bond acceptors (Lipinski definition) is 4. The van der Waals surface area contributed by atoms with Gasteiger partial charge in [0.05, 0.1) is 6.54 Å². The van der Waals surface area contributed by atoms with Crippen LogP contribution in [0.25, 0.3) is 0 Å². The van der Waals surface area contributed by atoms with E-state index in [1.165, 1.54) is 19.8 Å². The van der Waals surface area contributed by atoms with Gasteiger partial charge in [-0.3, -0.25) is 14.4 Å². The van der Waals surface area contributed by atoms with Gasteiger partial charge in [-0.2, -0.15) is 0 Å². The predicted octanol–water partition coefficient (Wildman–Crippen LogP) is 0.594. The van der Waals surface area contributed by atoms with Crippen LogP contribution in [-0.4, -0.2) is 60.0 Å². The molecular formula is C17H29N3O4. The molecule has 0 aromatic carbocycles. The molecule has 0 aromatic rings. The fraction of sp³-hybridized carbons (Fsp3) is 0.824. The van der Waals surface area contributed by atoms with Crippen molar-refractivity contribution < 1.29 is 19.5 Å². The molecule has 7 nitrogen and oxygen atoms in total. The van der Waals surface area contributed by atoms with Gasteiger partial charge >= 0.3 is 5.97 Å². The van der Waals surface area contributed by atoms with E-state index in [2.05, 4.69) is 10.6 Å². The van der Waals surface area contributed by atoms with Crippen LogP contribution in [0.3, 0.4) is 0 Å². The van der Waals surface area contributed by atoms with Gasteiger partial charge in [-0.05, 0) is 64.5 Å². The Labute approximate surface area is 143 Å². The molecule has 0 radical (unpaired) electrons. The summed E-state index contributed by atoms with van der Waals surface area (Å²) in [6, 6.07) is -0.937. The molecular weight excluding hydrogens is 310 g/mol. The highest BCUT2D eigenvalue weighted by molar-refractivity contribution is 5.88. The predicted molar refractivity (Wildman–Crippen MR) is 89.4 cm³/mol. The van der Waals surface area contributed by atoms with Gasteiger partial charge in [0.15, 0.2) is 0 Å². The first-order valence-corrected chi connectivity index (χ1v) is 8.99. The molecule has 0 spiro atoms. The van der Waals surface area contributed by atoms with Gasteiger partial charge in [0.25, 0.3) is 0 Å². The summed E-state index contributed by atoms with van der Waals surface area (Å²) >= 11 is 0. The van der Waals surface area contributed by atoms with Crippen LogP contribution in [0, 0.1) is 11.8 Å². The smallest absolute Gasteiger partial charge is 0.325 e. The monoisotopic (exact) mass is 339 g/mol. The SMILES string of the molecule is C[C@H](NC(=O)CN1CCC[C@@H](CCC2CCNCC2)C1=O)C(=O)O. The van der Waals surface area contributed by atoms with Crippen molar-refractivity contribution >= 4 is 17.8 Å². The minimum Gasteiger partial charge on any atom is -0.480 e. The van der Waals surface area contributed by atoms with Crippen molar-refractivity contribution in [3.8, 4) is 0 Å². The Hall–Kier alpha value is -1.63. The van der Waals surface area contributed by atoms with Crippen LogP contribution in [0.1, 0.15) is 45.4 Å². The molecule has 0 bridgehead atoms. The average molecular weight is 339 g/mol. The van der Waals surface area contributed by atoms with Gasteiger partial charge in [-0.25, -0.2) is 0 Å². The zero-order valence-corrected chi connectivity index (χ0v) is 14.4. The van der Waals surface area contributed by atoms with Crippen molar-refractivity contribution in [2.45, 2.75) is 51.5 Å². The maximum Gasteiger partial charge on any atom is 0.325 e. The molecule has 3 N–H and O–H groups in total. The molecule has 2 heterocycles. The lowest BCUT2D eigenvalue weighted by Crippen LogP contribution is -2.49. The van der Waals surface area contributed by atoms with Crippen LogP contribution >= 0.6 is 0 Å². The first-order valence-electron chi connectivity index (χ1n) is 8.99. The first-order chi connectivity index (χ1) is 11.5. The zero-order valence-electron chi connectivity index (χ0n) is 14.4. The summed E-state index contributed by atoms with van der Waals surface area (Å²) in [5, 5.41) is 14.6. The molecule has 24 heavy (non-hydrogen) atoms. The standard InChI is InChI=1S/C17H29N3O4/c1-12(17(23)24)19-15(21)11-20-10-2-3-14(16(20)22)5-4-13-6-8-18-9-7-13/h12-14,18H,2-11H2,1H3,(H,19,21)(H,23,24)/t12-,14-/m0/s1. The number of piperidine rings is 2. The van der Waals surface area contributed by atoms with E-state index in [9.17, 15) is 14.4 Å². The van der Waals surface area contributed by atoms with E-state index in [0.717, 1.165) is 38.8 Å². The second kappa shape index (κ2) is 9.01. The molecule has 2 saturated heterocycles. The normalized spacial score (nSPS) is 23.8. The van der Waals surface area contributed by atoms with Gasteiger partial charge < -0.3 is 20.6 Å². The van der Waals surface area contributed by atoms with Crippen LogP contribution < -0.4 is 10.6 Å². The number of rotatable bonds is 7. The molecule has 2 atom stereocenters. The molecule has 0 aliphatic carbocycles. The van der Waals surface area contributed by atoms with E-state index < -0.39 is 17.9 Å². The van der Waals surface area contributed by atoms with Crippen LogP contribution in [0.4, 0.5) is 0 Å². The highest BCUT2D eigenvalue weighted by atomic mass is 16.4. The molecule has 2 rings (SSSR count). The van der Waals surface area contributed by atoms with Crippen LogP contribution in [0.5, 0.6) is 0 Å². The molecule has 2 amide bonds. The fourth-order valence-corrected chi connectivity index (χ4v) is 3.57. The van der Waals surface area contributed by atoms with Gasteiger partial charge in [-0.1, -0.05) is 0 Å². The van der Waals surface area contributed by atoms with Crippen LogP contribution in [-0.2, 0) is 14.4 Å². The molecule has 0 unspecified atom stereocenters. The molecule has 2 aliphatic heterocycles. The second-order valence-corrected chi connectivity index (χ2v) is 7.00. The Morgan fingerprint density at radius 1 is 1.29 bits per heavy atom. The summed E-state index contributed by atoms with van der Waals surface area (Å²) < 4.78 is 0. The van der Waals surface area contributed by atoms with Crippen molar-refractivity contribution in [1.29, 1.82) is 0 Å². The third kappa shape index (κ3) is 5.47. The minimum absolute atomic E-state index is 0.0123. The van der Waals surface area contributed by atoms with Crippen molar-refractivity contribution in [3.63, 3.8) is 0 Å². The van der Waals surface area contributed by atoms with Crippen molar-refractivity contribution in [2.75, 3.05) is 26.2 Å². The second-order valence-electron chi connectivity index (χ2n) is 7.00. The van der Waals surface area contributed by atoms with Gasteiger partial charge in [0.1, 0.15) is 6.04 Å². The van der Waals surface area contributed by atoms with E-state index in [1.54, 1.807) is 4.90 Å². The summed E-state index contributed by atoms with van der Waals surface area (Å²) in [5.41, 5.74) is 0. The Kier molecular flexibility index (Phi) is 7.02. The Bertz CT molecular complexity index is 463. The maximum atomic E-state index is 12.6. The van der Waals surface area contributed by atoms with Crippen LogP contribution in [0.15, 0.2) is 0 Å². The number of carboxylic acid groups (broad SMARTS) is 1. The Morgan fingerprint density at radius 3 is 2.67 bits per heavy atom. The molecule has 2 fully saturated rings. The minimum atomic E-state index is -1.08. The number of carbonyl (C=O) groups excluding carboxylic acids is 2. The number of carboxylic acids is 1. The van der Waals surface area contributed by atoms with Gasteiger partial charge in [0, 0.05) is 12.5 Å². The number of carbonyl (C=O) groups is 3.